The van der Waals surface area contributed by atoms with E-state index < -0.39 is 5.69 Å². The molecule has 0 bridgehead atoms. The van der Waals surface area contributed by atoms with Crippen molar-refractivity contribution in [3.63, 3.8) is 0 Å². The van der Waals surface area contributed by atoms with Crippen LogP contribution < -0.4 is 21.4 Å². The van der Waals surface area contributed by atoms with Crippen LogP contribution in [0.4, 0.5) is 0 Å². The molecule has 0 atom stereocenters. The van der Waals surface area contributed by atoms with Crippen LogP contribution in [0.3, 0.4) is 0 Å². The first kappa shape index (κ1) is 8.08. The molecule has 0 aliphatic heterocycles. The highest BCUT2D eigenvalue weighted by Gasteiger charge is 2.11. The van der Waals surface area contributed by atoms with Crippen molar-refractivity contribution in [2.24, 2.45) is 5.14 Å². The summed E-state index contributed by atoms with van der Waals surface area (Å²) >= 11 is 0.860. The molecule has 0 radical (unpaired) electrons. The number of aromatic nitrogens is 4. The van der Waals surface area contributed by atoms with E-state index in [0.717, 1.165) is 11.9 Å². The van der Waals surface area contributed by atoms with Gasteiger partial charge in [-0.25, -0.2) is 24.5 Å². The summed E-state index contributed by atoms with van der Waals surface area (Å²) in [5.74, 6) is 0. The molecule has 0 aromatic carbocycles. The quantitative estimate of drug-likeness (QED) is 0.324. The molecule has 68 valence electrons. The summed E-state index contributed by atoms with van der Waals surface area (Å²) in [5, 5.41) is 5.61. The maximum absolute atomic E-state index is 11.2. The Kier molecular flexibility index (Phi) is 1.71. The normalized spacial score (nSPS) is 10.8. The molecule has 13 heavy (non-hydrogen) atoms. The van der Waals surface area contributed by atoms with Gasteiger partial charge in [-0.1, -0.05) is 0 Å². The molecule has 8 heteroatoms. The minimum absolute atomic E-state index is 0.183. The average Bonchev–Trinajstić information content (AvgIpc) is 2.46. The Morgan fingerprint density at radius 1 is 1.23 bits per heavy atom. The molecule has 0 saturated heterocycles. The summed E-state index contributed by atoms with van der Waals surface area (Å²) in [7, 11) is 0. The summed E-state index contributed by atoms with van der Waals surface area (Å²) in [4.78, 5) is 32.0. The van der Waals surface area contributed by atoms with Gasteiger partial charge in [0, 0.05) is 11.9 Å². The summed E-state index contributed by atoms with van der Waals surface area (Å²) < 4.78 is 0. The van der Waals surface area contributed by atoms with E-state index in [1.54, 1.807) is 0 Å². The molecule has 0 fully saturated rings. The lowest BCUT2D eigenvalue weighted by Gasteiger charge is -1.87. The van der Waals surface area contributed by atoms with Crippen molar-refractivity contribution in [1.29, 1.82) is 0 Å². The van der Waals surface area contributed by atoms with E-state index in [1.807, 2.05) is 0 Å². The number of fused-ring (bicyclic) bond motifs is 1. The van der Waals surface area contributed by atoms with Crippen molar-refractivity contribution in [3.8, 4) is 0 Å². The molecule has 0 aliphatic rings. The third-order valence-corrected chi connectivity index (χ3v) is 1.98. The zero-order chi connectivity index (χ0) is 9.42. The van der Waals surface area contributed by atoms with Crippen LogP contribution in [-0.4, -0.2) is 15.0 Å². The first-order chi connectivity index (χ1) is 6.20. The molecule has 7 nitrogen and oxygen atoms in total. The number of hydrogen-bond donors (Lipinski definition) is 4. The van der Waals surface area contributed by atoms with Crippen LogP contribution >= 0.6 is 11.9 Å². The SMILES string of the molecule is NSc1[nH]c(=O)c2[nH]c(=O)[nH]c2[nH+]1. The van der Waals surface area contributed by atoms with Gasteiger partial charge in [-0.2, -0.15) is 0 Å². The first-order valence-electron chi connectivity index (χ1n) is 3.35. The second-order valence-corrected chi connectivity index (χ2v) is 3.00. The van der Waals surface area contributed by atoms with Gasteiger partial charge in [0.1, 0.15) is 0 Å². The van der Waals surface area contributed by atoms with Crippen molar-refractivity contribution in [1.82, 2.24) is 15.0 Å². The van der Waals surface area contributed by atoms with Gasteiger partial charge >= 0.3 is 11.2 Å². The minimum atomic E-state index is -0.434. The number of H-pyrrole nitrogens is 4. The van der Waals surface area contributed by atoms with Crippen molar-refractivity contribution in [2.75, 3.05) is 0 Å². The molecular formula is C5H6N5O2S+. The predicted octanol–water partition coefficient (Wildman–Crippen LogP) is -1.68. The highest BCUT2D eigenvalue weighted by atomic mass is 32.2. The Morgan fingerprint density at radius 2 is 2.00 bits per heavy atom. The highest BCUT2D eigenvalue weighted by molar-refractivity contribution is 7.96. The van der Waals surface area contributed by atoms with E-state index in [2.05, 4.69) is 19.9 Å². The molecule has 2 heterocycles. The van der Waals surface area contributed by atoms with Gasteiger partial charge in [-0.15, -0.1) is 0 Å². The maximum atomic E-state index is 11.2. The molecule has 2 aromatic heterocycles. The van der Waals surface area contributed by atoms with Crippen LogP contribution in [0.25, 0.3) is 11.2 Å². The zero-order valence-corrected chi connectivity index (χ0v) is 7.12. The van der Waals surface area contributed by atoms with Crippen LogP contribution in [0.5, 0.6) is 0 Å². The van der Waals surface area contributed by atoms with E-state index in [4.69, 9.17) is 5.14 Å². The molecule has 0 unspecified atom stereocenters. The number of rotatable bonds is 1. The highest BCUT2D eigenvalue weighted by Crippen LogP contribution is 1.98. The largest absolute Gasteiger partial charge is 0.382 e. The number of nitrogens with two attached hydrogens (primary N) is 1. The Labute approximate surface area is 74.9 Å². The van der Waals surface area contributed by atoms with Crippen LogP contribution in [0.15, 0.2) is 14.7 Å². The third kappa shape index (κ3) is 1.25. The van der Waals surface area contributed by atoms with Gasteiger partial charge in [0.15, 0.2) is 5.52 Å². The lowest BCUT2D eigenvalue weighted by Crippen LogP contribution is -2.20. The van der Waals surface area contributed by atoms with Gasteiger partial charge < -0.3 is 0 Å². The second-order valence-electron chi connectivity index (χ2n) is 2.36. The fourth-order valence-corrected chi connectivity index (χ4v) is 1.33. The molecule has 2 rings (SSSR count). The summed E-state index contributed by atoms with van der Waals surface area (Å²) in [6.45, 7) is 0. The van der Waals surface area contributed by atoms with Gasteiger partial charge in [0.25, 0.3) is 10.8 Å². The number of imidazole rings is 1. The van der Waals surface area contributed by atoms with Crippen molar-refractivity contribution in [2.45, 2.75) is 5.16 Å². The molecule has 0 amide bonds. The number of aromatic amines is 4. The van der Waals surface area contributed by atoms with Crippen LogP contribution in [0.1, 0.15) is 0 Å². The fourth-order valence-electron chi connectivity index (χ4n) is 1.02. The maximum Gasteiger partial charge on any atom is 0.382 e. The number of hydrogen-bond acceptors (Lipinski definition) is 4. The predicted molar refractivity (Wildman–Crippen MR) is 46.1 cm³/mol. The first-order valence-corrected chi connectivity index (χ1v) is 4.23. The molecule has 0 spiro atoms. The summed E-state index contributed by atoms with van der Waals surface area (Å²) in [6, 6.07) is 0. The van der Waals surface area contributed by atoms with E-state index >= 15 is 0 Å². The lowest BCUT2D eigenvalue weighted by molar-refractivity contribution is -0.405. The Bertz CT molecular complexity index is 552. The van der Waals surface area contributed by atoms with Crippen LogP contribution in [0.2, 0.25) is 0 Å². The van der Waals surface area contributed by atoms with Crippen molar-refractivity contribution in [3.05, 3.63) is 20.8 Å². The van der Waals surface area contributed by atoms with Gasteiger partial charge in [-0.3, -0.25) is 10.1 Å². The molecule has 2 aromatic rings. The van der Waals surface area contributed by atoms with E-state index in [-0.39, 0.29) is 11.1 Å². The third-order valence-electron chi connectivity index (χ3n) is 1.54. The summed E-state index contributed by atoms with van der Waals surface area (Å²) in [5.41, 5.74) is -0.305. The summed E-state index contributed by atoms with van der Waals surface area (Å²) in [6.07, 6.45) is 0. The Morgan fingerprint density at radius 3 is 2.69 bits per heavy atom. The van der Waals surface area contributed by atoms with E-state index in [0.29, 0.717) is 10.8 Å². The Hall–Kier alpha value is -1.54. The smallest absolute Gasteiger partial charge is 0.283 e. The van der Waals surface area contributed by atoms with Gasteiger partial charge in [-0.05, 0) is 0 Å². The Balaban J connectivity index is 2.91. The van der Waals surface area contributed by atoms with Crippen molar-refractivity contribution < 1.29 is 4.98 Å². The monoisotopic (exact) mass is 200 g/mol. The zero-order valence-electron chi connectivity index (χ0n) is 6.30. The van der Waals surface area contributed by atoms with E-state index in [1.165, 1.54) is 0 Å². The molecule has 0 aliphatic carbocycles. The second kappa shape index (κ2) is 2.75. The minimum Gasteiger partial charge on any atom is -0.283 e. The van der Waals surface area contributed by atoms with Gasteiger partial charge in [0.05, 0.1) is 0 Å². The molecule has 0 saturated carbocycles. The van der Waals surface area contributed by atoms with Gasteiger partial charge in [0.2, 0.25) is 0 Å². The molecular weight excluding hydrogens is 194 g/mol. The van der Waals surface area contributed by atoms with Crippen LogP contribution in [-0.2, 0) is 0 Å². The number of nitrogens with one attached hydrogen (secondary N) is 4. The van der Waals surface area contributed by atoms with Crippen molar-refractivity contribution >= 4 is 23.1 Å². The fraction of sp³-hybridized carbons (Fsp3) is 0. The average molecular weight is 200 g/mol. The standard InChI is InChI=1S/C5H5N5O2S/c6-13-5-9-2-1(3(11)10-5)7-4(12)8-2/h6H2,(H3,7,8,9,10,11,12)/p+1. The topological polar surface area (TPSA) is 122 Å². The molecule has 6 N–H and O–H groups in total. The van der Waals surface area contributed by atoms with E-state index in [9.17, 15) is 9.59 Å². The van der Waals surface area contributed by atoms with Crippen LogP contribution in [0, 0.1) is 0 Å². The lowest BCUT2D eigenvalue weighted by atomic mass is 10.6.